The standard InChI is InChI=1S/C19H16N2OS/c1-11-14-8-3-4-9-15(14)18-16(11)17(20-19(23)21-18)12-6-5-7-13(10-12)22-2/h3-10,17H,1H2,2H3,(H2,20,21,23). The highest BCUT2D eigenvalue weighted by molar-refractivity contribution is 7.80. The summed E-state index contributed by atoms with van der Waals surface area (Å²) in [6.45, 7) is 4.31. The van der Waals surface area contributed by atoms with Gasteiger partial charge in [-0.1, -0.05) is 43.0 Å². The molecule has 0 spiro atoms. The Kier molecular flexibility index (Phi) is 3.20. The summed E-state index contributed by atoms with van der Waals surface area (Å²) in [6, 6.07) is 16.3. The van der Waals surface area contributed by atoms with Crippen molar-refractivity contribution in [3.05, 3.63) is 77.4 Å². The molecule has 2 aromatic rings. The van der Waals surface area contributed by atoms with Crippen molar-refractivity contribution in [2.75, 3.05) is 7.11 Å². The molecule has 114 valence electrons. The molecule has 2 N–H and O–H groups in total. The molecular formula is C19H16N2OS. The molecule has 0 aromatic heterocycles. The Morgan fingerprint density at radius 1 is 1.09 bits per heavy atom. The second-order valence-electron chi connectivity index (χ2n) is 5.62. The van der Waals surface area contributed by atoms with Crippen LogP contribution in [-0.2, 0) is 0 Å². The Morgan fingerprint density at radius 3 is 2.65 bits per heavy atom. The maximum absolute atomic E-state index is 5.42. The van der Waals surface area contributed by atoms with Crippen LogP contribution in [0.3, 0.4) is 0 Å². The molecule has 0 saturated heterocycles. The maximum Gasteiger partial charge on any atom is 0.171 e. The fourth-order valence-electron chi connectivity index (χ4n) is 3.28. The van der Waals surface area contributed by atoms with Gasteiger partial charge >= 0.3 is 0 Å². The molecule has 0 saturated carbocycles. The quantitative estimate of drug-likeness (QED) is 0.828. The molecule has 1 aliphatic carbocycles. The minimum Gasteiger partial charge on any atom is -0.497 e. The summed E-state index contributed by atoms with van der Waals surface area (Å²) in [5.74, 6) is 0.831. The number of thiocarbonyl (C=S) groups is 1. The van der Waals surface area contributed by atoms with E-state index in [1.54, 1.807) is 7.11 Å². The van der Waals surface area contributed by atoms with E-state index in [4.69, 9.17) is 17.0 Å². The van der Waals surface area contributed by atoms with E-state index in [0.717, 1.165) is 39.3 Å². The van der Waals surface area contributed by atoms with Gasteiger partial charge < -0.3 is 15.4 Å². The molecule has 1 atom stereocenters. The maximum atomic E-state index is 5.42. The summed E-state index contributed by atoms with van der Waals surface area (Å²) in [5.41, 5.74) is 6.66. The number of hydrogen-bond acceptors (Lipinski definition) is 2. The van der Waals surface area contributed by atoms with Crippen molar-refractivity contribution in [3.8, 4) is 5.75 Å². The SMILES string of the molecule is C=C1C2=C(NC(=S)NC2c2cccc(OC)c2)c2ccccc21. The number of ether oxygens (including phenoxy) is 1. The van der Waals surface area contributed by atoms with E-state index in [9.17, 15) is 0 Å². The fourth-order valence-corrected chi connectivity index (χ4v) is 3.50. The first kappa shape index (κ1) is 14.0. The second-order valence-corrected chi connectivity index (χ2v) is 6.03. The monoisotopic (exact) mass is 320 g/mol. The Balaban J connectivity index is 1.87. The lowest BCUT2D eigenvalue weighted by atomic mass is 9.92. The first-order valence-electron chi connectivity index (χ1n) is 7.43. The van der Waals surface area contributed by atoms with E-state index in [1.165, 1.54) is 0 Å². The zero-order valence-corrected chi connectivity index (χ0v) is 13.5. The van der Waals surface area contributed by atoms with Gasteiger partial charge in [-0.15, -0.1) is 0 Å². The smallest absolute Gasteiger partial charge is 0.171 e. The van der Waals surface area contributed by atoms with Gasteiger partial charge in [-0.25, -0.2) is 0 Å². The van der Waals surface area contributed by atoms with Crippen LogP contribution in [0.25, 0.3) is 11.3 Å². The Labute approximate surface area is 140 Å². The summed E-state index contributed by atoms with van der Waals surface area (Å²) < 4.78 is 5.36. The molecule has 4 rings (SSSR count). The van der Waals surface area contributed by atoms with E-state index in [0.29, 0.717) is 5.11 Å². The van der Waals surface area contributed by atoms with Gasteiger partial charge in [0.1, 0.15) is 5.75 Å². The number of fused-ring (bicyclic) bond motifs is 2. The van der Waals surface area contributed by atoms with Crippen LogP contribution < -0.4 is 15.4 Å². The molecule has 0 radical (unpaired) electrons. The summed E-state index contributed by atoms with van der Waals surface area (Å²) in [7, 11) is 1.68. The Hall–Kier alpha value is -2.59. The van der Waals surface area contributed by atoms with Crippen LogP contribution >= 0.6 is 12.2 Å². The molecule has 1 unspecified atom stereocenters. The van der Waals surface area contributed by atoms with Crippen molar-refractivity contribution in [3.63, 3.8) is 0 Å². The van der Waals surface area contributed by atoms with Crippen LogP contribution in [0.2, 0.25) is 0 Å². The fraction of sp³-hybridized carbons (Fsp3) is 0.105. The molecule has 0 bridgehead atoms. The van der Waals surface area contributed by atoms with E-state index in [2.05, 4.69) is 35.4 Å². The minimum atomic E-state index is -0.0336. The zero-order valence-electron chi connectivity index (χ0n) is 12.7. The largest absolute Gasteiger partial charge is 0.497 e. The summed E-state index contributed by atoms with van der Waals surface area (Å²) >= 11 is 5.42. The normalized spacial score (nSPS) is 18.9. The van der Waals surface area contributed by atoms with Gasteiger partial charge in [-0.3, -0.25) is 0 Å². The molecule has 0 fully saturated rings. The van der Waals surface area contributed by atoms with Crippen LogP contribution in [0.4, 0.5) is 0 Å². The summed E-state index contributed by atoms with van der Waals surface area (Å²) in [5, 5.41) is 7.29. The number of methoxy groups -OCH3 is 1. The van der Waals surface area contributed by atoms with Gasteiger partial charge in [0.2, 0.25) is 0 Å². The van der Waals surface area contributed by atoms with E-state index < -0.39 is 0 Å². The van der Waals surface area contributed by atoms with Crippen molar-refractivity contribution in [2.24, 2.45) is 0 Å². The molecule has 1 heterocycles. The van der Waals surface area contributed by atoms with Crippen molar-refractivity contribution in [1.29, 1.82) is 0 Å². The molecular weight excluding hydrogens is 304 g/mol. The first-order valence-corrected chi connectivity index (χ1v) is 7.84. The van der Waals surface area contributed by atoms with Gasteiger partial charge in [0.05, 0.1) is 18.8 Å². The lowest BCUT2D eigenvalue weighted by molar-refractivity contribution is 0.414. The lowest BCUT2D eigenvalue weighted by Gasteiger charge is -2.30. The van der Waals surface area contributed by atoms with Crippen LogP contribution in [0.15, 0.2) is 60.7 Å². The summed E-state index contributed by atoms with van der Waals surface area (Å²) in [6.07, 6.45) is 0. The first-order chi connectivity index (χ1) is 11.2. The molecule has 23 heavy (non-hydrogen) atoms. The number of hydrogen-bond donors (Lipinski definition) is 2. The van der Waals surface area contributed by atoms with E-state index >= 15 is 0 Å². The van der Waals surface area contributed by atoms with Crippen molar-refractivity contribution < 1.29 is 4.74 Å². The highest BCUT2D eigenvalue weighted by Gasteiger charge is 2.35. The Morgan fingerprint density at radius 2 is 1.87 bits per heavy atom. The van der Waals surface area contributed by atoms with Crippen LogP contribution in [0.5, 0.6) is 5.75 Å². The molecule has 2 aromatic carbocycles. The third kappa shape index (κ3) is 2.14. The lowest BCUT2D eigenvalue weighted by Crippen LogP contribution is -2.42. The van der Waals surface area contributed by atoms with Crippen LogP contribution in [-0.4, -0.2) is 12.2 Å². The third-order valence-electron chi connectivity index (χ3n) is 4.35. The molecule has 4 heteroatoms. The van der Waals surface area contributed by atoms with Gasteiger partial charge in [0.25, 0.3) is 0 Å². The van der Waals surface area contributed by atoms with Crippen LogP contribution in [0.1, 0.15) is 22.7 Å². The van der Waals surface area contributed by atoms with Gasteiger partial charge in [-0.05, 0) is 41.1 Å². The number of rotatable bonds is 2. The average molecular weight is 320 g/mol. The topological polar surface area (TPSA) is 33.3 Å². The van der Waals surface area contributed by atoms with Crippen molar-refractivity contribution in [1.82, 2.24) is 10.6 Å². The second kappa shape index (κ2) is 5.25. The van der Waals surface area contributed by atoms with Crippen molar-refractivity contribution >= 4 is 28.6 Å². The highest BCUT2D eigenvalue weighted by atomic mass is 32.1. The zero-order chi connectivity index (χ0) is 16.0. The predicted molar refractivity (Wildman–Crippen MR) is 97.0 cm³/mol. The van der Waals surface area contributed by atoms with E-state index in [-0.39, 0.29) is 6.04 Å². The highest BCUT2D eigenvalue weighted by Crippen LogP contribution is 2.46. The predicted octanol–water partition coefficient (Wildman–Crippen LogP) is 3.65. The molecule has 3 nitrogen and oxygen atoms in total. The minimum absolute atomic E-state index is 0.0336. The Bertz CT molecular complexity index is 869. The van der Waals surface area contributed by atoms with Gasteiger partial charge in [0, 0.05) is 11.1 Å². The van der Waals surface area contributed by atoms with E-state index in [1.807, 2.05) is 30.3 Å². The number of benzene rings is 2. The number of nitrogens with one attached hydrogen (secondary N) is 2. The molecule has 0 amide bonds. The van der Waals surface area contributed by atoms with Crippen molar-refractivity contribution in [2.45, 2.75) is 6.04 Å². The third-order valence-corrected chi connectivity index (χ3v) is 4.57. The van der Waals surface area contributed by atoms with Crippen LogP contribution in [0, 0.1) is 0 Å². The molecule has 1 aliphatic heterocycles. The average Bonchev–Trinajstić information content (AvgIpc) is 2.87. The molecule has 2 aliphatic rings. The van der Waals surface area contributed by atoms with Gasteiger partial charge in [-0.2, -0.15) is 0 Å². The van der Waals surface area contributed by atoms with Gasteiger partial charge in [0.15, 0.2) is 5.11 Å². The summed E-state index contributed by atoms with van der Waals surface area (Å²) in [4.78, 5) is 0.